The number of unbranched alkanes of at least 4 members (excludes halogenated alkanes) is 2. The van der Waals surface area contributed by atoms with Gasteiger partial charge in [-0.25, -0.2) is 4.98 Å². The molecule has 0 aliphatic heterocycles. The molecule has 25 heavy (non-hydrogen) atoms. The molecule has 0 unspecified atom stereocenters. The molecule has 0 saturated carbocycles. The van der Waals surface area contributed by atoms with E-state index in [1.165, 1.54) is 6.07 Å². The van der Waals surface area contributed by atoms with Gasteiger partial charge in [-0.1, -0.05) is 55.1 Å². The van der Waals surface area contributed by atoms with Crippen LogP contribution >= 0.6 is 23.2 Å². The molecule has 7 heteroatoms. The van der Waals surface area contributed by atoms with Gasteiger partial charge in [0.05, 0.1) is 15.7 Å². The maximum absolute atomic E-state index is 12.3. The van der Waals surface area contributed by atoms with Crippen LogP contribution in [0.2, 0.25) is 10.0 Å². The number of aromatic nitrogens is 1. The lowest BCUT2D eigenvalue weighted by atomic mass is 10.2. The third-order valence-corrected chi connectivity index (χ3v) is 4.30. The molecule has 0 atom stereocenters. The predicted molar refractivity (Wildman–Crippen MR) is 101 cm³/mol. The summed E-state index contributed by atoms with van der Waals surface area (Å²) in [7, 11) is 0. The lowest BCUT2D eigenvalue weighted by Crippen LogP contribution is -2.26. The number of nitrogens with zero attached hydrogens (tertiary/aromatic N) is 1. The Labute approximate surface area is 156 Å². The maximum Gasteiger partial charge on any atom is 0.274 e. The van der Waals surface area contributed by atoms with Crippen LogP contribution in [-0.2, 0) is 0 Å². The third kappa shape index (κ3) is 5.44. The molecular weight excluding hydrogens is 361 g/mol. The van der Waals surface area contributed by atoms with Crippen LogP contribution in [0.15, 0.2) is 36.4 Å². The molecule has 1 aromatic heterocycles. The van der Waals surface area contributed by atoms with Gasteiger partial charge in [-0.2, -0.15) is 0 Å². The maximum atomic E-state index is 12.3. The summed E-state index contributed by atoms with van der Waals surface area (Å²) < 4.78 is 0. The second-order valence-corrected chi connectivity index (χ2v) is 6.21. The minimum absolute atomic E-state index is 0.122. The van der Waals surface area contributed by atoms with E-state index in [1.54, 1.807) is 30.3 Å². The molecule has 2 aromatic rings. The molecule has 132 valence electrons. The minimum Gasteiger partial charge on any atom is -0.351 e. The van der Waals surface area contributed by atoms with Crippen molar-refractivity contribution < 1.29 is 9.59 Å². The van der Waals surface area contributed by atoms with Crippen molar-refractivity contribution in [1.29, 1.82) is 0 Å². The average Bonchev–Trinajstić information content (AvgIpc) is 2.62. The second-order valence-electron chi connectivity index (χ2n) is 5.43. The van der Waals surface area contributed by atoms with Gasteiger partial charge in [0.25, 0.3) is 11.8 Å². The van der Waals surface area contributed by atoms with E-state index in [9.17, 15) is 9.59 Å². The molecule has 5 nitrogen and oxygen atoms in total. The minimum atomic E-state index is -0.468. The van der Waals surface area contributed by atoms with Crippen molar-refractivity contribution in [2.24, 2.45) is 0 Å². The van der Waals surface area contributed by atoms with Gasteiger partial charge in [-0.05, 0) is 30.7 Å². The first-order valence-corrected chi connectivity index (χ1v) is 8.79. The second kappa shape index (κ2) is 9.39. The predicted octanol–water partition coefficient (Wildman–Crippen LogP) is 4.56. The molecule has 1 aromatic carbocycles. The van der Waals surface area contributed by atoms with Crippen LogP contribution in [0.3, 0.4) is 0 Å². The van der Waals surface area contributed by atoms with Crippen LogP contribution in [0.1, 0.15) is 47.2 Å². The van der Waals surface area contributed by atoms with Crippen LogP contribution in [-0.4, -0.2) is 23.3 Å². The Balaban J connectivity index is 2.06. The van der Waals surface area contributed by atoms with Gasteiger partial charge in [-0.3, -0.25) is 9.59 Å². The van der Waals surface area contributed by atoms with E-state index in [2.05, 4.69) is 22.5 Å². The fraction of sp³-hybridized carbons (Fsp3) is 0.278. The Hall–Kier alpha value is -2.11. The zero-order chi connectivity index (χ0) is 18.2. The number of carbonyl (C=O) groups is 2. The molecule has 0 bridgehead atoms. The molecule has 0 radical (unpaired) electrons. The highest BCUT2D eigenvalue weighted by Crippen LogP contribution is 2.29. The van der Waals surface area contributed by atoms with E-state index in [0.717, 1.165) is 19.3 Å². The fourth-order valence-corrected chi connectivity index (χ4v) is 2.49. The third-order valence-electron chi connectivity index (χ3n) is 3.48. The molecule has 1 heterocycles. The summed E-state index contributed by atoms with van der Waals surface area (Å²) in [6.07, 6.45) is 3.04. The molecule has 0 spiro atoms. The molecule has 0 aliphatic rings. The zero-order valence-corrected chi connectivity index (χ0v) is 15.3. The summed E-state index contributed by atoms with van der Waals surface area (Å²) in [6.45, 7) is 2.68. The highest BCUT2D eigenvalue weighted by Gasteiger charge is 2.14. The number of hydrogen-bond acceptors (Lipinski definition) is 3. The first-order valence-electron chi connectivity index (χ1n) is 8.03. The smallest absolute Gasteiger partial charge is 0.274 e. The lowest BCUT2D eigenvalue weighted by Gasteiger charge is -2.09. The van der Waals surface area contributed by atoms with Crippen LogP contribution in [0, 0.1) is 0 Å². The summed E-state index contributed by atoms with van der Waals surface area (Å²) in [5.74, 6) is -0.767. The zero-order valence-electron chi connectivity index (χ0n) is 13.8. The standard InChI is InChI=1S/C18H19Cl2N3O2/c1-2-3-4-11-21-17(24)14-9-6-10-15(22-14)18(25)23-13-8-5-7-12(19)16(13)20/h5-10H,2-4,11H2,1H3,(H,21,24)(H,23,25). The van der Waals surface area contributed by atoms with Gasteiger partial charge in [0.1, 0.15) is 11.4 Å². The van der Waals surface area contributed by atoms with Crippen LogP contribution in [0.5, 0.6) is 0 Å². The molecule has 0 saturated heterocycles. The van der Waals surface area contributed by atoms with E-state index >= 15 is 0 Å². The normalized spacial score (nSPS) is 10.4. The lowest BCUT2D eigenvalue weighted by molar-refractivity contribution is 0.0948. The van der Waals surface area contributed by atoms with Gasteiger partial charge in [0, 0.05) is 6.54 Å². The summed E-state index contributed by atoms with van der Waals surface area (Å²) in [6, 6.07) is 9.65. The monoisotopic (exact) mass is 379 g/mol. The van der Waals surface area contributed by atoms with E-state index in [1.807, 2.05) is 0 Å². The van der Waals surface area contributed by atoms with Crippen molar-refractivity contribution >= 4 is 40.7 Å². The van der Waals surface area contributed by atoms with Crippen molar-refractivity contribution in [3.8, 4) is 0 Å². The Morgan fingerprint density at radius 2 is 1.68 bits per heavy atom. The summed E-state index contributed by atoms with van der Waals surface area (Å²) in [5, 5.41) is 6.03. The number of carbonyl (C=O) groups excluding carboxylic acids is 2. The van der Waals surface area contributed by atoms with Crippen LogP contribution < -0.4 is 10.6 Å². The quantitative estimate of drug-likeness (QED) is 0.692. The van der Waals surface area contributed by atoms with E-state index in [-0.39, 0.29) is 22.3 Å². The first-order chi connectivity index (χ1) is 12.0. The Morgan fingerprint density at radius 1 is 1.00 bits per heavy atom. The highest BCUT2D eigenvalue weighted by atomic mass is 35.5. The van der Waals surface area contributed by atoms with Crippen molar-refractivity contribution in [1.82, 2.24) is 10.3 Å². The van der Waals surface area contributed by atoms with Gasteiger partial charge >= 0.3 is 0 Å². The van der Waals surface area contributed by atoms with E-state index < -0.39 is 5.91 Å². The SMILES string of the molecule is CCCCCNC(=O)c1cccc(C(=O)Nc2cccc(Cl)c2Cl)n1. The van der Waals surface area contributed by atoms with Crippen LogP contribution in [0.25, 0.3) is 0 Å². The van der Waals surface area contributed by atoms with E-state index in [0.29, 0.717) is 17.3 Å². The molecule has 2 N–H and O–H groups in total. The summed E-state index contributed by atoms with van der Waals surface area (Å²) in [4.78, 5) is 28.6. The largest absolute Gasteiger partial charge is 0.351 e. The Morgan fingerprint density at radius 3 is 2.40 bits per heavy atom. The van der Waals surface area contributed by atoms with Gasteiger partial charge in [0.2, 0.25) is 0 Å². The van der Waals surface area contributed by atoms with Crippen molar-refractivity contribution in [2.75, 3.05) is 11.9 Å². The summed E-state index contributed by atoms with van der Waals surface area (Å²) in [5.41, 5.74) is 0.703. The Kier molecular flexibility index (Phi) is 7.22. The average molecular weight is 380 g/mol. The molecule has 2 amide bonds. The number of benzene rings is 1. The molecule has 0 aliphatic carbocycles. The fourth-order valence-electron chi connectivity index (χ4n) is 2.14. The molecule has 2 rings (SSSR count). The van der Waals surface area contributed by atoms with Crippen molar-refractivity contribution in [3.63, 3.8) is 0 Å². The topological polar surface area (TPSA) is 71.1 Å². The van der Waals surface area contributed by atoms with Gasteiger partial charge in [0.15, 0.2) is 0 Å². The van der Waals surface area contributed by atoms with Crippen molar-refractivity contribution in [2.45, 2.75) is 26.2 Å². The van der Waals surface area contributed by atoms with Gasteiger partial charge < -0.3 is 10.6 Å². The molecular formula is C18H19Cl2N3O2. The number of nitrogens with one attached hydrogen (secondary N) is 2. The van der Waals surface area contributed by atoms with E-state index in [4.69, 9.17) is 23.2 Å². The number of rotatable bonds is 7. The van der Waals surface area contributed by atoms with Gasteiger partial charge in [-0.15, -0.1) is 0 Å². The van der Waals surface area contributed by atoms with Crippen molar-refractivity contribution in [3.05, 3.63) is 57.8 Å². The Bertz CT molecular complexity index is 766. The number of anilines is 1. The number of hydrogen-bond donors (Lipinski definition) is 2. The highest BCUT2D eigenvalue weighted by molar-refractivity contribution is 6.44. The summed E-state index contributed by atoms with van der Waals surface area (Å²) >= 11 is 12.0. The number of halogens is 2. The number of pyridine rings is 1. The first kappa shape index (κ1) is 19.2. The molecule has 0 fully saturated rings. The number of amides is 2. The van der Waals surface area contributed by atoms with Crippen LogP contribution in [0.4, 0.5) is 5.69 Å².